The molecule has 32 heavy (non-hydrogen) atoms. The Morgan fingerprint density at radius 3 is 2.38 bits per heavy atom. The number of aromatic amines is 1. The minimum Gasteiger partial charge on any atom is -0.362 e. The minimum absolute atomic E-state index is 0.0161. The largest absolute Gasteiger partial charge is 0.416 e. The van der Waals surface area contributed by atoms with Crippen molar-refractivity contribution < 1.29 is 22.9 Å². The van der Waals surface area contributed by atoms with Gasteiger partial charge in [-0.3, -0.25) is 19.7 Å². The van der Waals surface area contributed by atoms with Gasteiger partial charge in [0.05, 0.1) is 10.5 Å². The number of alkyl halides is 3. The van der Waals surface area contributed by atoms with E-state index in [2.05, 4.69) is 4.98 Å². The number of anilines is 1. The molecule has 1 aliphatic heterocycles. The average Bonchev–Trinajstić information content (AvgIpc) is 2.77. The topological polar surface area (TPSA) is 99.6 Å². The van der Waals surface area contributed by atoms with Crippen molar-refractivity contribution in [2.24, 2.45) is 0 Å². The molecule has 4 rings (SSSR count). The molecule has 1 amide bonds. The second-order valence-corrected chi connectivity index (χ2v) is 7.34. The van der Waals surface area contributed by atoms with Gasteiger partial charge >= 0.3 is 6.18 Å². The molecule has 2 heterocycles. The van der Waals surface area contributed by atoms with Gasteiger partial charge in [0, 0.05) is 37.8 Å². The molecule has 2 aromatic carbocycles. The van der Waals surface area contributed by atoms with E-state index >= 15 is 0 Å². The molecule has 3 aromatic rings. The fourth-order valence-electron chi connectivity index (χ4n) is 3.74. The fourth-order valence-corrected chi connectivity index (χ4v) is 3.74. The highest BCUT2D eigenvalue weighted by Gasteiger charge is 2.34. The number of aromatic nitrogens is 1. The Morgan fingerprint density at radius 1 is 1.03 bits per heavy atom. The Hall–Kier alpha value is -3.89. The highest BCUT2D eigenvalue weighted by molar-refractivity contribution is 5.97. The number of piperazine rings is 1. The van der Waals surface area contributed by atoms with Crippen LogP contribution in [0.3, 0.4) is 0 Å². The lowest BCUT2D eigenvalue weighted by molar-refractivity contribution is -0.384. The molecule has 1 fully saturated rings. The number of amides is 1. The molecule has 166 valence electrons. The molecule has 1 saturated heterocycles. The number of carbonyl (C=O) groups excluding carboxylic acids is 1. The number of hydrogen-bond donors (Lipinski definition) is 1. The molecule has 0 unspecified atom stereocenters. The van der Waals surface area contributed by atoms with Crippen molar-refractivity contribution >= 4 is 28.2 Å². The molecule has 0 radical (unpaired) electrons. The van der Waals surface area contributed by atoms with Crippen LogP contribution in [0.2, 0.25) is 0 Å². The second-order valence-electron chi connectivity index (χ2n) is 7.34. The molecule has 1 aliphatic rings. The Kier molecular flexibility index (Phi) is 5.33. The van der Waals surface area contributed by atoms with E-state index < -0.39 is 33.8 Å². The summed E-state index contributed by atoms with van der Waals surface area (Å²) in [4.78, 5) is 41.4. The molecule has 11 heteroatoms. The van der Waals surface area contributed by atoms with Crippen LogP contribution in [0.5, 0.6) is 0 Å². The normalized spacial score (nSPS) is 14.6. The Bertz CT molecular complexity index is 1260. The highest BCUT2D eigenvalue weighted by Crippen LogP contribution is 2.36. The number of benzene rings is 2. The van der Waals surface area contributed by atoms with E-state index in [1.807, 2.05) is 0 Å². The van der Waals surface area contributed by atoms with Gasteiger partial charge in [-0.05, 0) is 29.7 Å². The monoisotopic (exact) mass is 446 g/mol. The van der Waals surface area contributed by atoms with E-state index in [9.17, 15) is 32.9 Å². The highest BCUT2D eigenvalue weighted by atomic mass is 19.4. The van der Waals surface area contributed by atoms with Crippen molar-refractivity contribution in [3.63, 3.8) is 0 Å². The van der Waals surface area contributed by atoms with Gasteiger partial charge in [-0.1, -0.05) is 18.2 Å². The number of fused-ring (bicyclic) bond motifs is 1. The van der Waals surface area contributed by atoms with Crippen molar-refractivity contribution in [1.29, 1.82) is 0 Å². The van der Waals surface area contributed by atoms with Crippen LogP contribution < -0.4 is 10.5 Å². The summed E-state index contributed by atoms with van der Waals surface area (Å²) < 4.78 is 38.8. The number of hydrogen-bond acceptors (Lipinski definition) is 5. The van der Waals surface area contributed by atoms with Crippen molar-refractivity contribution in [1.82, 2.24) is 9.88 Å². The van der Waals surface area contributed by atoms with E-state index in [1.165, 1.54) is 11.0 Å². The second kappa shape index (κ2) is 7.98. The summed E-state index contributed by atoms with van der Waals surface area (Å²) in [5.74, 6) is -0.474. The van der Waals surface area contributed by atoms with Crippen molar-refractivity contribution in [2.75, 3.05) is 31.1 Å². The summed E-state index contributed by atoms with van der Waals surface area (Å²) >= 11 is 0. The van der Waals surface area contributed by atoms with Crippen LogP contribution in [-0.2, 0) is 6.18 Å². The van der Waals surface area contributed by atoms with Gasteiger partial charge in [-0.25, -0.2) is 0 Å². The average molecular weight is 446 g/mol. The van der Waals surface area contributed by atoms with Crippen LogP contribution in [-0.4, -0.2) is 46.9 Å². The van der Waals surface area contributed by atoms with E-state index in [1.54, 1.807) is 29.2 Å². The fraction of sp³-hybridized carbons (Fsp3) is 0.238. The SMILES string of the molecule is O=C(c1cc2ccccc2[nH]c1=O)N1CCN(c2ccc(C(F)(F)F)cc2[N+](=O)[O-])CC1. The Morgan fingerprint density at radius 2 is 1.72 bits per heavy atom. The summed E-state index contributed by atoms with van der Waals surface area (Å²) in [6.07, 6.45) is -4.69. The van der Waals surface area contributed by atoms with Crippen LogP contribution in [0.4, 0.5) is 24.5 Å². The zero-order valence-electron chi connectivity index (χ0n) is 16.6. The third-order valence-electron chi connectivity index (χ3n) is 5.39. The predicted octanol–water partition coefficient (Wildman–Crippen LogP) is 3.42. The third kappa shape index (κ3) is 4.01. The molecular formula is C21H17F3N4O4. The number of nitro benzene ring substituents is 1. The van der Waals surface area contributed by atoms with Gasteiger partial charge < -0.3 is 14.8 Å². The molecular weight excluding hydrogens is 429 g/mol. The molecule has 1 N–H and O–H groups in total. The van der Waals surface area contributed by atoms with Gasteiger partial charge in [0.1, 0.15) is 11.3 Å². The number of halogens is 3. The number of carbonyl (C=O) groups is 1. The maximum Gasteiger partial charge on any atom is 0.416 e. The first-order valence-electron chi connectivity index (χ1n) is 9.67. The summed E-state index contributed by atoms with van der Waals surface area (Å²) in [5, 5.41) is 12.1. The molecule has 1 aromatic heterocycles. The van der Waals surface area contributed by atoms with Crippen molar-refractivity contribution in [3.05, 3.63) is 80.1 Å². The van der Waals surface area contributed by atoms with Crippen LogP contribution in [0, 0.1) is 10.1 Å². The van der Waals surface area contributed by atoms with Gasteiger partial charge in [0.25, 0.3) is 17.2 Å². The number of pyridine rings is 1. The number of nitrogens with one attached hydrogen (secondary N) is 1. The van der Waals surface area contributed by atoms with Crippen molar-refractivity contribution in [2.45, 2.75) is 6.18 Å². The van der Waals surface area contributed by atoms with Gasteiger partial charge in [-0.2, -0.15) is 13.2 Å². The van der Waals surface area contributed by atoms with Crippen LogP contribution in [0.25, 0.3) is 10.9 Å². The summed E-state index contributed by atoms with van der Waals surface area (Å²) in [5.41, 5.74) is -1.62. The van der Waals surface area contributed by atoms with Crippen LogP contribution >= 0.6 is 0 Å². The maximum absolute atomic E-state index is 12.9. The Labute approximate surface area is 179 Å². The zero-order valence-corrected chi connectivity index (χ0v) is 16.6. The zero-order chi connectivity index (χ0) is 23.0. The number of para-hydroxylation sites is 1. The smallest absolute Gasteiger partial charge is 0.362 e. The lowest BCUT2D eigenvalue weighted by Gasteiger charge is -2.35. The first-order chi connectivity index (χ1) is 15.1. The van der Waals surface area contributed by atoms with Crippen molar-refractivity contribution in [3.8, 4) is 0 Å². The number of nitro groups is 1. The summed E-state index contributed by atoms with van der Waals surface area (Å²) in [7, 11) is 0. The lowest BCUT2D eigenvalue weighted by Crippen LogP contribution is -2.49. The number of rotatable bonds is 3. The minimum atomic E-state index is -4.69. The quantitative estimate of drug-likeness (QED) is 0.491. The lowest BCUT2D eigenvalue weighted by atomic mass is 10.1. The molecule has 8 nitrogen and oxygen atoms in total. The number of H-pyrrole nitrogens is 1. The molecule has 0 bridgehead atoms. The first-order valence-corrected chi connectivity index (χ1v) is 9.67. The maximum atomic E-state index is 12.9. The van der Waals surface area contributed by atoms with Gasteiger partial charge in [0.2, 0.25) is 0 Å². The molecule has 0 saturated carbocycles. The first kappa shape index (κ1) is 21.3. The molecule has 0 spiro atoms. The van der Waals surface area contributed by atoms with E-state index in [-0.39, 0.29) is 37.4 Å². The van der Waals surface area contributed by atoms with Crippen LogP contribution in [0.15, 0.2) is 53.3 Å². The summed E-state index contributed by atoms with van der Waals surface area (Å²) in [6.45, 7) is 0.652. The van der Waals surface area contributed by atoms with E-state index in [0.717, 1.165) is 12.1 Å². The standard InChI is InChI=1S/C21H17F3N4O4/c22-21(23,24)14-5-6-17(18(12-14)28(31)32)26-7-9-27(10-8-26)20(30)15-11-13-3-1-2-4-16(13)25-19(15)29/h1-6,11-12H,7-10H2,(H,25,29). The third-order valence-corrected chi connectivity index (χ3v) is 5.39. The van der Waals surface area contributed by atoms with E-state index in [4.69, 9.17) is 0 Å². The predicted molar refractivity (Wildman–Crippen MR) is 111 cm³/mol. The van der Waals surface area contributed by atoms with Crippen LogP contribution in [0.1, 0.15) is 15.9 Å². The summed E-state index contributed by atoms with van der Waals surface area (Å²) in [6, 6.07) is 10.9. The number of nitrogens with zero attached hydrogens (tertiary/aromatic N) is 3. The Balaban J connectivity index is 1.54. The van der Waals surface area contributed by atoms with Gasteiger partial charge in [0.15, 0.2) is 0 Å². The molecule has 0 aliphatic carbocycles. The van der Waals surface area contributed by atoms with Gasteiger partial charge in [-0.15, -0.1) is 0 Å². The molecule has 0 atom stereocenters. The van der Waals surface area contributed by atoms with E-state index in [0.29, 0.717) is 17.0 Å².